The molecule has 0 bridgehead atoms. The quantitative estimate of drug-likeness (QED) is 0.518. The summed E-state index contributed by atoms with van der Waals surface area (Å²) in [6, 6.07) is 23.4. The third-order valence-electron chi connectivity index (χ3n) is 7.07. The number of amides is 1. The molecule has 0 radical (unpaired) electrons. The van der Waals surface area contributed by atoms with E-state index >= 15 is 0 Å². The molecule has 1 saturated heterocycles. The Kier molecular flexibility index (Phi) is 6.40. The summed E-state index contributed by atoms with van der Waals surface area (Å²) in [7, 11) is 1.63. The van der Waals surface area contributed by atoms with Crippen LogP contribution in [0.15, 0.2) is 77.8 Å². The van der Waals surface area contributed by atoms with Crippen LogP contribution in [0.2, 0.25) is 0 Å². The van der Waals surface area contributed by atoms with Gasteiger partial charge in [-0.1, -0.05) is 48.5 Å². The molecule has 0 N–H and O–H groups in total. The van der Waals surface area contributed by atoms with Gasteiger partial charge >= 0.3 is 0 Å². The molecule has 3 aliphatic heterocycles. The van der Waals surface area contributed by atoms with Crippen molar-refractivity contribution in [2.45, 2.75) is 19.0 Å². The van der Waals surface area contributed by atoms with Crippen molar-refractivity contribution in [2.75, 3.05) is 45.0 Å². The van der Waals surface area contributed by atoms with Crippen LogP contribution in [-0.4, -0.2) is 67.8 Å². The summed E-state index contributed by atoms with van der Waals surface area (Å²) in [6.45, 7) is 4.41. The van der Waals surface area contributed by atoms with E-state index in [1.54, 1.807) is 12.0 Å². The van der Waals surface area contributed by atoms with E-state index in [2.05, 4.69) is 21.9 Å². The van der Waals surface area contributed by atoms with E-state index in [4.69, 9.17) is 19.2 Å². The molecule has 0 aromatic heterocycles. The Morgan fingerprint density at radius 3 is 2.46 bits per heavy atom. The highest BCUT2D eigenvalue weighted by Gasteiger charge is 2.40. The molecule has 37 heavy (non-hydrogen) atoms. The van der Waals surface area contributed by atoms with Crippen LogP contribution in [0, 0.1) is 0 Å². The average Bonchev–Trinajstić information content (AvgIpc) is 3.53. The fourth-order valence-corrected chi connectivity index (χ4v) is 5.14. The number of guanidine groups is 1. The first-order chi connectivity index (χ1) is 18.2. The number of fused-ring (bicyclic) bond motifs is 1. The average molecular weight is 499 g/mol. The number of hydrogen-bond donors (Lipinski definition) is 0. The molecule has 1 atom stereocenters. The summed E-state index contributed by atoms with van der Waals surface area (Å²) < 4.78 is 16.6. The fourth-order valence-electron chi connectivity index (χ4n) is 5.14. The number of hydrogen-bond acceptors (Lipinski definition) is 7. The fraction of sp³-hybridized carbons (Fsp3) is 0.310. The van der Waals surface area contributed by atoms with Crippen LogP contribution in [0.4, 0.5) is 5.69 Å². The molecule has 0 spiro atoms. The highest BCUT2D eigenvalue weighted by atomic mass is 16.7. The third-order valence-corrected chi connectivity index (χ3v) is 7.07. The molecule has 3 aliphatic rings. The topological polar surface area (TPSA) is 66.8 Å². The summed E-state index contributed by atoms with van der Waals surface area (Å²) in [5.74, 6) is 2.96. The van der Waals surface area contributed by atoms with Gasteiger partial charge in [0.2, 0.25) is 12.8 Å². The van der Waals surface area contributed by atoms with Crippen molar-refractivity contribution >= 4 is 17.6 Å². The van der Waals surface area contributed by atoms with E-state index in [9.17, 15) is 4.79 Å². The van der Waals surface area contributed by atoms with E-state index in [0.29, 0.717) is 18.1 Å². The molecule has 0 aliphatic carbocycles. The first kappa shape index (κ1) is 23.4. The van der Waals surface area contributed by atoms with Gasteiger partial charge in [-0.3, -0.25) is 9.69 Å². The van der Waals surface area contributed by atoms with Crippen molar-refractivity contribution in [1.29, 1.82) is 0 Å². The van der Waals surface area contributed by atoms with E-state index in [1.807, 2.05) is 60.7 Å². The van der Waals surface area contributed by atoms with Crippen molar-refractivity contribution in [3.05, 3.63) is 83.9 Å². The van der Waals surface area contributed by atoms with Crippen molar-refractivity contribution in [1.82, 2.24) is 9.80 Å². The molecule has 0 saturated carbocycles. The summed E-state index contributed by atoms with van der Waals surface area (Å²) in [4.78, 5) is 25.1. The van der Waals surface area contributed by atoms with Crippen LogP contribution in [0.5, 0.6) is 17.2 Å². The number of methoxy groups -OCH3 is 1. The van der Waals surface area contributed by atoms with Crippen LogP contribution in [0.1, 0.15) is 11.1 Å². The molecule has 8 nitrogen and oxygen atoms in total. The maximum atomic E-state index is 13.7. The molecular weight excluding hydrogens is 468 g/mol. The van der Waals surface area contributed by atoms with Crippen molar-refractivity contribution in [3.8, 4) is 17.2 Å². The minimum Gasteiger partial charge on any atom is -0.495 e. The van der Waals surface area contributed by atoms with Crippen molar-refractivity contribution in [2.24, 2.45) is 4.99 Å². The summed E-state index contributed by atoms with van der Waals surface area (Å²) in [6.07, 6.45) is 0.568. The molecule has 8 heteroatoms. The van der Waals surface area contributed by atoms with E-state index in [0.717, 1.165) is 55.5 Å². The minimum atomic E-state index is -0.464. The number of nitrogens with zero attached hydrogens (tertiary/aromatic N) is 4. The lowest BCUT2D eigenvalue weighted by Crippen LogP contribution is -2.53. The first-order valence-electron chi connectivity index (χ1n) is 12.6. The molecule has 1 amide bonds. The molecule has 1 fully saturated rings. The van der Waals surface area contributed by atoms with Crippen molar-refractivity contribution in [3.63, 3.8) is 0 Å². The SMILES string of the molecule is COc1ccccc1N1C(=O)C(Cc2ccccc2)N=C1N1CCN(Cc2ccc3c(c2)OCO3)CC1. The Morgan fingerprint density at radius 1 is 0.892 bits per heavy atom. The molecule has 1 unspecified atom stereocenters. The van der Waals surface area contributed by atoms with Gasteiger partial charge in [0.05, 0.1) is 12.8 Å². The highest BCUT2D eigenvalue weighted by Crippen LogP contribution is 2.34. The Balaban J connectivity index is 1.20. The van der Waals surface area contributed by atoms with Crippen LogP contribution in [0.3, 0.4) is 0 Å². The summed E-state index contributed by atoms with van der Waals surface area (Å²) in [5, 5.41) is 0. The molecular formula is C29H30N4O4. The van der Waals surface area contributed by atoms with Crippen LogP contribution in [-0.2, 0) is 17.8 Å². The number of rotatable bonds is 6. The predicted octanol–water partition coefficient (Wildman–Crippen LogP) is 3.56. The number of para-hydroxylation sites is 2. The minimum absolute atomic E-state index is 0.0221. The lowest BCUT2D eigenvalue weighted by Gasteiger charge is -2.37. The Morgan fingerprint density at radius 2 is 1.65 bits per heavy atom. The number of benzene rings is 3. The largest absolute Gasteiger partial charge is 0.495 e. The Hall–Kier alpha value is -4.04. The maximum Gasteiger partial charge on any atom is 0.259 e. The van der Waals surface area contributed by atoms with Gasteiger partial charge < -0.3 is 19.1 Å². The summed E-state index contributed by atoms with van der Waals surface area (Å²) in [5.41, 5.74) is 3.02. The van der Waals surface area contributed by atoms with Gasteiger partial charge in [0.25, 0.3) is 5.91 Å². The molecule has 3 aromatic rings. The van der Waals surface area contributed by atoms with Gasteiger partial charge in [-0.15, -0.1) is 0 Å². The zero-order chi connectivity index (χ0) is 25.2. The number of anilines is 1. The number of ether oxygens (including phenoxy) is 3. The monoisotopic (exact) mass is 498 g/mol. The smallest absolute Gasteiger partial charge is 0.259 e. The normalized spacial score (nSPS) is 19.3. The molecule has 3 aromatic carbocycles. The van der Waals surface area contributed by atoms with Gasteiger partial charge in [-0.2, -0.15) is 0 Å². The van der Waals surface area contributed by atoms with Gasteiger partial charge in [-0.05, 0) is 35.4 Å². The second-order valence-electron chi connectivity index (χ2n) is 9.43. The third kappa shape index (κ3) is 4.72. The molecule has 6 rings (SSSR count). The molecule has 190 valence electrons. The van der Waals surface area contributed by atoms with E-state index < -0.39 is 6.04 Å². The standard InChI is InChI=1S/C29H30N4O4/c1-35-25-10-6-5-9-24(25)33-28(34)23(17-21-7-3-2-4-8-21)30-29(33)32-15-13-31(14-16-32)19-22-11-12-26-27(18-22)37-20-36-26/h2-12,18,23H,13-17,19-20H2,1H3. The zero-order valence-corrected chi connectivity index (χ0v) is 20.9. The van der Waals surface area contributed by atoms with Gasteiger partial charge in [0.1, 0.15) is 11.8 Å². The lowest BCUT2D eigenvalue weighted by molar-refractivity contribution is -0.118. The second-order valence-corrected chi connectivity index (χ2v) is 9.43. The van der Waals surface area contributed by atoms with Gasteiger partial charge in [0.15, 0.2) is 11.5 Å². The van der Waals surface area contributed by atoms with E-state index in [1.165, 1.54) is 5.56 Å². The molecule has 3 heterocycles. The Bertz CT molecular complexity index is 1300. The maximum absolute atomic E-state index is 13.7. The van der Waals surface area contributed by atoms with Crippen molar-refractivity contribution < 1.29 is 19.0 Å². The zero-order valence-electron chi connectivity index (χ0n) is 20.9. The Labute approximate surface area is 216 Å². The van der Waals surface area contributed by atoms with Crippen LogP contribution < -0.4 is 19.1 Å². The first-order valence-corrected chi connectivity index (χ1v) is 12.6. The number of carbonyl (C=O) groups excluding carboxylic acids is 1. The van der Waals surface area contributed by atoms with Gasteiger partial charge in [0, 0.05) is 39.1 Å². The van der Waals surface area contributed by atoms with Crippen LogP contribution >= 0.6 is 0 Å². The number of piperazine rings is 1. The number of carbonyl (C=O) groups is 1. The number of aliphatic imine (C=N–C) groups is 1. The summed E-state index contributed by atoms with van der Waals surface area (Å²) >= 11 is 0. The second kappa shape index (κ2) is 10.1. The van der Waals surface area contributed by atoms with Crippen LogP contribution in [0.25, 0.3) is 0 Å². The van der Waals surface area contributed by atoms with Gasteiger partial charge in [-0.25, -0.2) is 9.89 Å². The van der Waals surface area contributed by atoms with E-state index in [-0.39, 0.29) is 12.7 Å². The highest BCUT2D eigenvalue weighted by molar-refractivity contribution is 6.22. The predicted molar refractivity (Wildman–Crippen MR) is 141 cm³/mol. The lowest BCUT2D eigenvalue weighted by atomic mass is 10.1.